The largest absolute Gasteiger partial charge is 0.483 e. The zero-order chi connectivity index (χ0) is 13.8. The van der Waals surface area contributed by atoms with Crippen molar-refractivity contribution < 1.29 is 13.5 Å². The average Bonchev–Trinajstić information content (AvgIpc) is 2.41. The van der Waals surface area contributed by atoms with Crippen molar-refractivity contribution in [3.05, 3.63) is 64.1 Å². The molecule has 0 amide bonds. The van der Waals surface area contributed by atoms with Gasteiger partial charge in [-0.05, 0) is 34.1 Å². The van der Waals surface area contributed by atoms with Crippen molar-refractivity contribution in [1.29, 1.82) is 0 Å². The van der Waals surface area contributed by atoms with E-state index < -0.39 is 17.7 Å². The Kier molecular flexibility index (Phi) is 4.50. The quantitative estimate of drug-likeness (QED) is 0.926. The summed E-state index contributed by atoms with van der Waals surface area (Å²) >= 11 is 3.25. The molecule has 0 aliphatic heterocycles. The number of hydrogen-bond donors (Lipinski definition) is 1. The second kappa shape index (κ2) is 6.12. The summed E-state index contributed by atoms with van der Waals surface area (Å²) in [5.74, 6) is -0.535. The van der Waals surface area contributed by atoms with Crippen LogP contribution in [-0.4, -0.2) is 6.54 Å². The lowest BCUT2D eigenvalue weighted by Crippen LogP contribution is -2.19. The summed E-state index contributed by atoms with van der Waals surface area (Å²) in [4.78, 5) is 0. The van der Waals surface area contributed by atoms with Gasteiger partial charge in [-0.2, -0.15) is 0 Å². The monoisotopic (exact) mass is 327 g/mol. The molecule has 0 aliphatic rings. The van der Waals surface area contributed by atoms with Crippen LogP contribution in [0.3, 0.4) is 0 Å². The van der Waals surface area contributed by atoms with Gasteiger partial charge in [0, 0.05) is 18.2 Å². The van der Waals surface area contributed by atoms with Crippen LogP contribution in [0.15, 0.2) is 46.9 Å². The molecule has 100 valence electrons. The van der Waals surface area contributed by atoms with E-state index in [9.17, 15) is 8.78 Å². The van der Waals surface area contributed by atoms with E-state index in [2.05, 4.69) is 15.9 Å². The molecule has 0 saturated carbocycles. The molecule has 2 nitrogen and oxygen atoms in total. The first kappa shape index (κ1) is 14.0. The second-order valence-corrected chi connectivity index (χ2v) is 4.79. The minimum atomic E-state index is -0.667. The Morgan fingerprint density at radius 2 is 1.89 bits per heavy atom. The van der Waals surface area contributed by atoms with Gasteiger partial charge in [-0.3, -0.25) is 0 Å². The summed E-state index contributed by atoms with van der Waals surface area (Å²) in [5, 5.41) is 0. The van der Waals surface area contributed by atoms with Crippen molar-refractivity contribution >= 4 is 15.9 Å². The smallest absolute Gasteiger partial charge is 0.139 e. The van der Waals surface area contributed by atoms with Crippen molar-refractivity contribution in [2.45, 2.75) is 6.10 Å². The molecule has 0 heterocycles. The second-order valence-electron chi connectivity index (χ2n) is 3.94. The standard InChI is InChI=1S/C14H12BrF2NO/c15-11-6-5-9(16)7-13(11)19-14(8-18)10-3-1-2-4-12(10)17/h1-7,14H,8,18H2. The number of halogens is 3. The SMILES string of the molecule is NCC(Oc1cc(F)ccc1Br)c1ccccc1F. The summed E-state index contributed by atoms with van der Waals surface area (Å²) in [5.41, 5.74) is 5.96. The molecule has 2 aromatic carbocycles. The highest BCUT2D eigenvalue weighted by Gasteiger charge is 2.17. The molecule has 0 aromatic heterocycles. The van der Waals surface area contributed by atoms with Gasteiger partial charge in [0.2, 0.25) is 0 Å². The van der Waals surface area contributed by atoms with Gasteiger partial charge in [0.05, 0.1) is 4.47 Å². The number of rotatable bonds is 4. The van der Waals surface area contributed by atoms with Crippen LogP contribution >= 0.6 is 15.9 Å². The van der Waals surface area contributed by atoms with Crippen molar-refractivity contribution in [2.75, 3.05) is 6.54 Å². The molecule has 0 spiro atoms. The van der Waals surface area contributed by atoms with E-state index in [1.807, 2.05) is 0 Å². The third-order valence-electron chi connectivity index (χ3n) is 2.63. The molecule has 5 heteroatoms. The summed E-state index contributed by atoms with van der Waals surface area (Å²) in [6, 6.07) is 10.3. The Morgan fingerprint density at radius 1 is 1.16 bits per heavy atom. The fourth-order valence-electron chi connectivity index (χ4n) is 1.70. The lowest BCUT2D eigenvalue weighted by Gasteiger charge is -2.19. The Labute approximate surface area is 118 Å². The maximum atomic E-state index is 13.7. The Hall–Kier alpha value is -1.46. The Morgan fingerprint density at radius 3 is 2.58 bits per heavy atom. The van der Waals surface area contributed by atoms with Crippen molar-refractivity contribution in [1.82, 2.24) is 0 Å². The normalized spacial score (nSPS) is 12.2. The van der Waals surface area contributed by atoms with Gasteiger partial charge in [-0.25, -0.2) is 8.78 Å². The van der Waals surface area contributed by atoms with Crippen molar-refractivity contribution in [2.24, 2.45) is 5.73 Å². The van der Waals surface area contributed by atoms with Crippen LogP contribution in [0.2, 0.25) is 0 Å². The van der Waals surface area contributed by atoms with Crippen LogP contribution < -0.4 is 10.5 Å². The predicted molar refractivity (Wildman–Crippen MR) is 72.9 cm³/mol. The van der Waals surface area contributed by atoms with Gasteiger partial charge in [0.1, 0.15) is 23.5 Å². The summed E-state index contributed by atoms with van der Waals surface area (Å²) in [6.45, 7) is 0.0872. The van der Waals surface area contributed by atoms with Crippen LogP contribution in [-0.2, 0) is 0 Å². The molecule has 2 rings (SSSR count). The Balaban J connectivity index is 2.29. The third kappa shape index (κ3) is 3.30. The predicted octanol–water partition coefficient (Wildman–Crippen LogP) is 3.81. The highest BCUT2D eigenvalue weighted by atomic mass is 79.9. The van der Waals surface area contributed by atoms with E-state index in [-0.39, 0.29) is 6.54 Å². The summed E-state index contributed by atoms with van der Waals surface area (Å²) in [7, 11) is 0. The number of benzene rings is 2. The van der Waals surface area contributed by atoms with E-state index in [0.717, 1.165) is 0 Å². The number of nitrogens with two attached hydrogens (primary N) is 1. The van der Waals surface area contributed by atoms with E-state index in [1.54, 1.807) is 18.2 Å². The molecule has 0 aliphatic carbocycles. The molecule has 0 bridgehead atoms. The fraction of sp³-hybridized carbons (Fsp3) is 0.143. The topological polar surface area (TPSA) is 35.2 Å². The molecule has 0 radical (unpaired) electrons. The molecule has 0 saturated heterocycles. The van der Waals surface area contributed by atoms with Gasteiger partial charge < -0.3 is 10.5 Å². The van der Waals surface area contributed by atoms with E-state index >= 15 is 0 Å². The van der Waals surface area contributed by atoms with Gasteiger partial charge in [0.25, 0.3) is 0 Å². The molecular weight excluding hydrogens is 316 g/mol. The van der Waals surface area contributed by atoms with E-state index in [4.69, 9.17) is 10.5 Å². The lowest BCUT2D eigenvalue weighted by atomic mass is 10.1. The van der Waals surface area contributed by atoms with Gasteiger partial charge in [-0.1, -0.05) is 18.2 Å². The third-order valence-corrected chi connectivity index (χ3v) is 3.28. The van der Waals surface area contributed by atoms with Gasteiger partial charge in [-0.15, -0.1) is 0 Å². The minimum Gasteiger partial charge on any atom is -0.483 e. The maximum Gasteiger partial charge on any atom is 0.139 e. The lowest BCUT2D eigenvalue weighted by molar-refractivity contribution is 0.207. The highest BCUT2D eigenvalue weighted by Crippen LogP contribution is 2.30. The minimum absolute atomic E-state index is 0.0872. The number of hydrogen-bond acceptors (Lipinski definition) is 2. The fourth-order valence-corrected chi connectivity index (χ4v) is 2.04. The molecule has 2 N–H and O–H groups in total. The molecule has 1 unspecified atom stereocenters. The van der Waals surface area contributed by atoms with Crippen LogP contribution in [0.5, 0.6) is 5.75 Å². The maximum absolute atomic E-state index is 13.7. The first-order chi connectivity index (χ1) is 9.11. The van der Waals surface area contributed by atoms with Crippen molar-refractivity contribution in [3.8, 4) is 5.75 Å². The molecule has 1 atom stereocenters. The molecule has 0 fully saturated rings. The number of ether oxygens (including phenoxy) is 1. The van der Waals surface area contributed by atoms with Crippen LogP contribution in [0, 0.1) is 11.6 Å². The average molecular weight is 328 g/mol. The van der Waals surface area contributed by atoms with Gasteiger partial charge >= 0.3 is 0 Å². The molecule has 2 aromatic rings. The zero-order valence-electron chi connectivity index (χ0n) is 9.95. The van der Waals surface area contributed by atoms with E-state index in [0.29, 0.717) is 15.8 Å². The Bertz CT molecular complexity index is 577. The molecular formula is C14H12BrF2NO. The van der Waals surface area contributed by atoms with Crippen LogP contribution in [0.1, 0.15) is 11.7 Å². The first-order valence-corrected chi connectivity index (χ1v) is 6.47. The van der Waals surface area contributed by atoms with Crippen molar-refractivity contribution in [3.63, 3.8) is 0 Å². The summed E-state index contributed by atoms with van der Waals surface area (Å²) in [6.07, 6.45) is -0.667. The summed E-state index contributed by atoms with van der Waals surface area (Å²) < 4.78 is 33.0. The molecule has 19 heavy (non-hydrogen) atoms. The first-order valence-electron chi connectivity index (χ1n) is 5.68. The van der Waals surface area contributed by atoms with E-state index in [1.165, 1.54) is 24.3 Å². The van der Waals surface area contributed by atoms with Crippen LogP contribution in [0.4, 0.5) is 8.78 Å². The highest BCUT2D eigenvalue weighted by molar-refractivity contribution is 9.10. The van der Waals surface area contributed by atoms with Gasteiger partial charge in [0.15, 0.2) is 0 Å². The van der Waals surface area contributed by atoms with Crippen LogP contribution in [0.25, 0.3) is 0 Å². The zero-order valence-corrected chi connectivity index (χ0v) is 11.5.